The van der Waals surface area contributed by atoms with Gasteiger partial charge in [0.25, 0.3) is 0 Å². The van der Waals surface area contributed by atoms with E-state index in [9.17, 15) is 8.78 Å². The molecule has 6 heteroatoms. The first-order valence-corrected chi connectivity index (χ1v) is 6.52. The van der Waals surface area contributed by atoms with Crippen molar-refractivity contribution in [3.05, 3.63) is 71.4 Å². The smallest absolute Gasteiger partial charge is 0.190 e. The van der Waals surface area contributed by atoms with E-state index in [0.29, 0.717) is 17.8 Å². The maximum Gasteiger partial charge on any atom is 0.190 e. The van der Waals surface area contributed by atoms with Crippen molar-refractivity contribution < 1.29 is 8.78 Å². The molecule has 0 fully saturated rings. The van der Waals surface area contributed by atoms with Gasteiger partial charge in [0.05, 0.1) is 6.54 Å². The molecule has 3 aromatic rings. The zero-order chi connectivity index (χ0) is 15.5. The summed E-state index contributed by atoms with van der Waals surface area (Å²) in [4.78, 5) is 0. The van der Waals surface area contributed by atoms with E-state index < -0.39 is 11.6 Å². The van der Waals surface area contributed by atoms with Gasteiger partial charge in [-0.2, -0.15) is 5.26 Å². The van der Waals surface area contributed by atoms with Gasteiger partial charge in [-0.05, 0) is 23.8 Å². The van der Waals surface area contributed by atoms with Crippen molar-refractivity contribution in [2.45, 2.75) is 6.54 Å². The maximum atomic E-state index is 13.5. The van der Waals surface area contributed by atoms with Crippen LogP contribution in [0.25, 0.3) is 11.3 Å². The molecule has 0 atom stereocenters. The molecular formula is C16H10F2N4. The van der Waals surface area contributed by atoms with E-state index in [-0.39, 0.29) is 5.69 Å². The lowest BCUT2D eigenvalue weighted by molar-refractivity contribution is 0.509. The third-order valence-electron chi connectivity index (χ3n) is 3.21. The van der Waals surface area contributed by atoms with Gasteiger partial charge in [0.1, 0.15) is 11.8 Å². The fourth-order valence-electron chi connectivity index (χ4n) is 2.18. The summed E-state index contributed by atoms with van der Waals surface area (Å²) in [5, 5.41) is 16.9. The van der Waals surface area contributed by atoms with Crippen molar-refractivity contribution in [1.29, 1.82) is 5.26 Å². The molecule has 0 aliphatic rings. The van der Waals surface area contributed by atoms with Crippen LogP contribution in [0.3, 0.4) is 0 Å². The Hall–Kier alpha value is -3.07. The van der Waals surface area contributed by atoms with Crippen molar-refractivity contribution in [3.8, 4) is 17.3 Å². The van der Waals surface area contributed by atoms with E-state index in [1.54, 1.807) is 0 Å². The second-order valence-electron chi connectivity index (χ2n) is 4.67. The molecule has 0 radical (unpaired) electrons. The van der Waals surface area contributed by atoms with Crippen LogP contribution >= 0.6 is 0 Å². The molecule has 0 spiro atoms. The van der Waals surface area contributed by atoms with Gasteiger partial charge in [-0.25, -0.2) is 13.5 Å². The Bertz CT molecular complexity index is 850. The van der Waals surface area contributed by atoms with E-state index in [1.807, 2.05) is 36.4 Å². The van der Waals surface area contributed by atoms with Gasteiger partial charge in [0, 0.05) is 5.56 Å². The van der Waals surface area contributed by atoms with Gasteiger partial charge < -0.3 is 0 Å². The van der Waals surface area contributed by atoms with Crippen LogP contribution in [0.15, 0.2) is 48.5 Å². The quantitative estimate of drug-likeness (QED) is 0.746. The Morgan fingerprint density at radius 1 is 1.05 bits per heavy atom. The van der Waals surface area contributed by atoms with Gasteiger partial charge >= 0.3 is 0 Å². The van der Waals surface area contributed by atoms with E-state index in [4.69, 9.17) is 5.26 Å². The Balaban J connectivity index is 2.08. The molecule has 4 nitrogen and oxygen atoms in total. The van der Waals surface area contributed by atoms with Gasteiger partial charge in [-0.3, -0.25) is 0 Å². The second-order valence-corrected chi connectivity index (χ2v) is 4.67. The summed E-state index contributed by atoms with van der Waals surface area (Å²) in [7, 11) is 0. The number of aromatic nitrogens is 3. The van der Waals surface area contributed by atoms with Crippen molar-refractivity contribution in [3.63, 3.8) is 0 Å². The predicted molar refractivity (Wildman–Crippen MR) is 75.6 cm³/mol. The highest BCUT2D eigenvalue weighted by Crippen LogP contribution is 2.24. The normalized spacial score (nSPS) is 10.4. The zero-order valence-electron chi connectivity index (χ0n) is 11.4. The minimum atomic E-state index is -0.978. The highest BCUT2D eigenvalue weighted by atomic mass is 19.2. The summed E-state index contributed by atoms with van der Waals surface area (Å²) in [5.41, 5.74) is 1.75. The van der Waals surface area contributed by atoms with Gasteiger partial charge in [-0.15, -0.1) is 5.10 Å². The topological polar surface area (TPSA) is 54.5 Å². The Labute approximate surface area is 125 Å². The van der Waals surface area contributed by atoms with Crippen LogP contribution in [0.5, 0.6) is 0 Å². The molecule has 0 saturated carbocycles. The summed E-state index contributed by atoms with van der Waals surface area (Å²) >= 11 is 0. The lowest BCUT2D eigenvalue weighted by Crippen LogP contribution is -2.04. The predicted octanol–water partition coefficient (Wildman–Crippen LogP) is 3.14. The average Bonchev–Trinajstić information content (AvgIpc) is 2.94. The molecule has 0 amide bonds. The van der Waals surface area contributed by atoms with Crippen molar-refractivity contribution in [2.24, 2.45) is 0 Å². The van der Waals surface area contributed by atoms with Gasteiger partial charge in [-0.1, -0.05) is 35.5 Å². The number of nitriles is 1. The monoisotopic (exact) mass is 296 g/mol. The van der Waals surface area contributed by atoms with Gasteiger partial charge in [0.15, 0.2) is 17.3 Å². The molecule has 1 heterocycles. The third kappa shape index (κ3) is 2.56. The van der Waals surface area contributed by atoms with E-state index >= 15 is 0 Å². The number of nitrogens with zero attached hydrogens (tertiary/aromatic N) is 4. The number of halogens is 2. The Morgan fingerprint density at radius 2 is 1.82 bits per heavy atom. The molecule has 0 aliphatic heterocycles. The summed E-state index contributed by atoms with van der Waals surface area (Å²) in [6.45, 7) is 0.379. The Kier molecular flexibility index (Phi) is 3.62. The summed E-state index contributed by atoms with van der Waals surface area (Å²) in [5.74, 6) is -1.92. The molecule has 1 aromatic heterocycles. The van der Waals surface area contributed by atoms with E-state index in [1.165, 1.54) is 10.7 Å². The SMILES string of the molecule is N#Cc1nnn(Cc2ccccc2)c1-c1ccc(F)c(F)c1. The first-order chi connectivity index (χ1) is 10.7. The van der Waals surface area contributed by atoms with Crippen molar-refractivity contribution >= 4 is 0 Å². The molecule has 0 saturated heterocycles. The first kappa shape index (κ1) is 13.9. The molecule has 108 valence electrons. The van der Waals surface area contributed by atoms with Crippen LogP contribution in [-0.4, -0.2) is 15.0 Å². The highest BCUT2D eigenvalue weighted by Gasteiger charge is 2.16. The molecule has 2 aromatic carbocycles. The standard InChI is InChI=1S/C16H10F2N4/c17-13-7-6-12(8-14(13)18)16-15(9-19)20-21-22(16)10-11-4-2-1-3-5-11/h1-8H,10H2. The first-order valence-electron chi connectivity index (χ1n) is 6.52. The lowest BCUT2D eigenvalue weighted by atomic mass is 10.1. The number of hydrogen-bond acceptors (Lipinski definition) is 3. The van der Waals surface area contributed by atoms with Gasteiger partial charge in [0.2, 0.25) is 0 Å². The molecule has 0 unspecified atom stereocenters. The molecule has 0 N–H and O–H groups in total. The van der Waals surface area contributed by atoms with E-state index in [2.05, 4.69) is 10.3 Å². The highest BCUT2D eigenvalue weighted by molar-refractivity contribution is 5.65. The largest absolute Gasteiger partial charge is 0.239 e. The third-order valence-corrected chi connectivity index (χ3v) is 3.21. The second kappa shape index (κ2) is 5.74. The summed E-state index contributed by atoms with van der Waals surface area (Å²) in [6, 6.07) is 14.9. The van der Waals surface area contributed by atoms with Crippen LogP contribution in [0.4, 0.5) is 8.78 Å². The minimum Gasteiger partial charge on any atom is -0.239 e. The Morgan fingerprint density at radius 3 is 2.50 bits per heavy atom. The van der Waals surface area contributed by atoms with Crippen LogP contribution in [0, 0.1) is 23.0 Å². The van der Waals surface area contributed by atoms with Crippen LogP contribution in [0.1, 0.15) is 11.3 Å². The zero-order valence-corrected chi connectivity index (χ0v) is 11.4. The average molecular weight is 296 g/mol. The van der Waals surface area contributed by atoms with Crippen LogP contribution in [0.2, 0.25) is 0 Å². The number of hydrogen-bond donors (Lipinski definition) is 0. The number of benzene rings is 2. The van der Waals surface area contributed by atoms with Crippen molar-refractivity contribution in [2.75, 3.05) is 0 Å². The summed E-state index contributed by atoms with van der Waals surface area (Å²) < 4.78 is 28.1. The fourth-order valence-corrected chi connectivity index (χ4v) is 2.18. The lowest BCUT2D eigenvalue weighted by Gasteiger charge is -2.07. The summed E-state index contributed by atoms with van der Waals surface area (Å²) in [6.07, 6.45) is 0. The molecular weight excluding hydrogens is 286 g/mol. The molecule has 0 bridgehead atoms. The molecule has 22 heavy (non-hydrogen) atoms. The maximum absolute atomic E-state index is 13.5. The van der Waals surface area contributed by atoms with Crippen LogP contribution in [-0.2, 0) is 6.54 Å². The fraction of sp³-hybridized carbons (Fsp3) is 0.0625. The van der Waals surface area contributed by atoms with E-state index in [0.717, 1.165) is 17.7 Å². The van der Waals surface area contributed by atoms with Crippen molar-refractivity contribution in [1.82, 2.24) is 15.0 Å². The van der Waals surface area contributed by atoms with Crippen LogP contribution < -0.4 is 0 Å². The molecule has 0 aliphatic carbocycles. The molecule has 3 rings (SSSR count). The number of rotatable bonds is 3. The minimum absolute atomic E-state index is 0.0712.